The van der Waals surface area contributed by atoms with Gasteiger partial charge in [0.25, 0.3) is 0 Å². The van der Waals surface area contributed by atoms with Crippen molar-refractivity contribution >= 4 is 11.8 Å². The minimum Gasteiger partial charge on any atom is -0.228 e. The Bertz CT molecular complexity index is 111. The van der Waals surface area contributed by atoms with E-state index in [9.17, 15) is 0 Å². The summed E-state index contributed by atoms with van der Waals surface area (Å²) in [4.78, 5) is 0. The minimum absolute atomic E-state index is 0.672. The second-order valence-corrected chi connectivity index (χ2v) is 3.80. The van der Waals surface area contributed by atoms with Gasteiger partial charge in [0.15, 0.2) is 0 Å². The summed E-state index contributed by atoms with van der Waals surface area (Å²) in [6.45, 7) is 0. The molecule has 11 heavy (non-hydrogen) atoms. The Kier molecular flexibility index (Phi) is 3.63. The Morgan fingerprint density at radius 3 is 2.09 bits per heavy atom. The zero-order valence-electron chi connectivity index (χ0n) is 7.39. The van der Waals surface area contributed by atoms with Gasteiger partial charge in [0.05, 0.1) is 0 Å². The monoisotopic (exact) mass is 176 g/mol. The molecule has 1 rings (SSSR count). The number of nitrogens with zero attached hydrogens (tertiary/aromatic N) is 2. The highest BCUT2D eigenvalue weighted by Gasteiger charge is 2.19. The zero-order valence-corrected chi connectivity index (χ0v) is 8.14. The predicted octanol–water partition coefficient (Wildman–Crippen LogP) is 2.25. The largest absolute Gasteiger partial charge is 0.228 e. The smallest absolute Gasteiger partial charge is 0.0255 e. The first-order valence-electron chi connectivity index (χ1n) is 4.34. The van der Waals surface area contributed by atoms with Crippen molar-refractivity contribution in [2.24, 2.45) is 0 Å². The van der Waals surface area contributed by atoms with E-state index in [-0.39, 0.29) is 0 Å². The van der Waals surface area contributed by atoms with Gasteiger partial charge in [-0.05, 0) is 24.6 Å². The van der Waals surface area contributed by atoms with E-state index in [4.69, 9.17) is 11.8 Å². The summed E-state index contributed by atoms with van der Waals surface area (Å²) in [6, 6.07) is 0.672. The van der Waals surface area contributed by atoms with Gasteiger partial charge in [0, 0.05) is 20.1 Å². The van der Waals surface area contributed by atoms with Crippen LogP contribution >= 0.6 is 11.8 Å². The summed E-state index contributed by atoms with van der Waals surface area (Å²) in [5.74, 6) is 0. The summed E-state index contributed by atoms with van der Waals surface area (Å²) in [7, 11) is 3.94. The van der Waals surface area contributed by atoms with E-state index in [1.807, 2.05) is 7.05 Å². The molecule has 0 aromatic rings. The molecule has 0 amide bonds. The lowest BCUT2D eigenvalue weighted by molar-refractivity contribution is 0.0474. The summed E-state index contributed by atoms with van der Waals surface area (Å²) < 4.78 is 1.66. The van der Waals surface area contributed by atoms with Gasteiger partial charge in [-0.15, -0.1) is 0 Å². The molecule has 0 aromatic carbocycles. The molecule has 3 heteroatoms. The lowest BCUT2D eigenvalue weighted by atomic mass is 9.95. The van der Waals surface area contributed by atoms with E-state index in [1.165, 1.54) is 32.1 Å². The minimum atomic E-state index is 0.672. The van der Waals surface area contributed by atoms with E-state index < -0.39 is 0 Å². The molecule has 0 aromatic heterocycles. The van der Waals surface area contributed by atoms with Crippen molar-refractivity contribution < 1.29 is 0 Å². The summed E-state index contributed by atoms with van der Waals surface area (Å²) >= 11 is 5.82. The number of halogens is 1. The van der Waals surface area contributed by atoms with E-state index in [2.05, 4.69) is 12.1 Å². The molecule has 1 aliphatic rings. The molecule has 0 atom stereocenters. The molecule has 0 saturated heterocycles. The van der Waals surface area contributed by atoms with Gasteiger partial charge in [0.2, 0.25) is 0 Å². The van der Waals surface area contributed by atoms with Crippen LogP contribution in [0.4, 0.5) is 0 Å². The Labute approximate surface area is 74.2 Å². The van der Waals surface area contributed by atoms with Crippen molar-refractivity contribution in [1.29, 1.82) is 0 Å². The van der Waals surface area contributed by atoms with E-state index in [0.717, 1.165) is 0 Å². The fourth-order valence-corrected chi connectivity index (χ4v) is 1.80. The normalized spacial score (nSPS) is 21.5. The van der Waals surface area contributed by atoms with E-state index in [0.29, 0.717) is 6.04 Å². The van der Waals surface area contributed by atoms with Crippen LogP contribution < -0.4 is 0 Å². The summed E-state index contributed by atoms with van der Waals surface area (Å²) in [6.07, 6.45) is 6.72. The Morgan fingerprint density at radius 1 is 1.09 bits per heavy atom. The van der Waals surface area contributed by atoms with Crippen LogP contribution in [0, 0.1) is 0 Å². The summed E-state index contributed by atoms with van der Waals surface area (Å²) in [5, 5.41) is 2.13. The lowest BCUT2D eigenvalue weighted by Gasteiger charge is -2.33. The van der Waals surface area contributed by atoms with Crippen LogP contribution in [0.5, 0.6) is 0 Å². The first kappa shape index (κ1) is 9.30. The topological polar surface area (TPSA) is 6.48 Å². The Morgan fingerprint density at radius 2 is 1.64 bits per heavy atom. The molecule has 0 N–H and O–H groups in total. The van der Waals surface area contributed by atoms with Crippen LogP contribution in [-0.2, 0) is 0 Å². The second kappa shape index (κ2) is 4.29. The third kappa shape index (κ3) is 2.62. The van der Waals surface area contributed by atoms with Gasteiger partial charge in [-0.1, -0.05) is 19.3 Å². The molecule has 0 bridgehead atoms. The molecule has 66 valence electrons. The zero-order chi connectivity index (χ0) is 8.27. The average Bonchev–Trinajstić information content (AvgIpc) is 2.05. The van der Waals surface area contributed by atoms with Crippen LogP contribution in [-0.4, -0.2) is 29.7 Å². The fourth-order valence-electron chi connectivity index (χ4n) is 1.68. The van der Waals surface area contributed by atoms with Crippen molar-refractivity contribution in [2.45, 2.75) is 38.1 Å². The van der Waals surface area contributed by atoms with Crippen molar-refractivity contribution in [3.63, 3.8) is 0 Å². The van der Waals surface area contributed by atoms with Gasteiger partial charge in [-0.25, -0.2) is 5.01 Å². The Balaban J connectivity index is 2.32. The average molecular weight is 177 g/mol. The standard InChI is InChI=1S/C8H17ClN2/c1-10(11(2)9)8-6-4-3-5-7-8/h8H,3-7H2,1-2H3. The molecule has 1 saturated carbocycles. The van der Waals surface area contributed by atoms with Crippen LogP contribution in [0.15, 0.2) is 0 Å². The fraction of sp³-hybridized carbons (Fsp3) is 1.00. The molecular formula is C8H17ClN2. The first-order valence-corrected chi connectivity index (χ1v) is 4.68. The molecule has 2 nitrogen and oxygen atoms in total. The lowest BCUT2D eigenvalue weighted by Crippen LogP contribution is -2.39. The maximum absolute atomic E-state index is 5.82. The van der Waals surface area contributed by atoms with Crippen molar-refractivity contribution in [2.75, 3.05) is 14.1 Å². The molecule has 0 radical (unpaired) electrons. The molecule has 1 aliphatic carbocycles. The predicted molar refractivity (Wildman–Crippen MR) is 48.3 cm³/mol. The molecule has 1 fully saturated rings. The van der Waals surface area contributed by atoms with Gasteiger partial charge >= 0.3 is 0 Å². The van der Waals surface area contributed by atoms with Crippen LogP contribution in [0.2, 0.25) is 0 Å². The molecule has 0 heterocycles. The highest BCUT2D eigenvalue weighted by molar-refractivity contribution is 6.12. The number of hydrazine groups is 1. The van der Waals surface area contributed by atoms with Crippen LogP contribution in [0.25, 0.3) is 0 Å². The van der Waals surface area contributed by atoms with Crippen molar-refractivity contribution in [3.8, 4) is 0 Å². The SMILES string of the molecule is CN(Cl)N(C)C1CCCCC1. The van der Waals surface area contributed by atoms with Crippen molar-refractivity contribution in [1.82, 2.24) is 9.54 Å². The number of hydrogen-bond donors (Lipinski definition) is 0. The first-order chi connectivity index (χ1) is 5.22. The highest BCUT2D eigenvalue weighted by atomic mass is 35.5. The number of rotatable bonds is 2. The number of hydrogen-bond acceptors (Lipinski definition) is 2. The molecule has 0 spiro atoms. The van der Waals surface area contributed by atoms with E-state index in [1.54, 1.807) is 4.53 Å². The maximum Gasteiger partial charge on any atom is 0.0255 e. The third-order valence-electron chi connectivity index (χ3n) is 2.54. The molecule has 0 unspecified atom stereocenters. The van der Waals surface area contributed by atoms with Crippen LogP contribution in [0.3, 0.4) is 0 Å². The highest BCUT2D eigenvalue weighted by Crippen LogP contribution is 2.22. The van der Waals surface area contributed by atoms with Crippen LogP contribution in [0.1, 0.15) is 32.1 Å². The molecular weight excluding hydrogens is 160 g/mol. The van der Waals surface area contributed by atoms with Gasteiger partial charge < -0.3 is 0 Å². The van der Waals surface area contributed by atoms with Gasteiger partial charge in [-0.2, -0.15) is 4.53 Å². The quantitative estimate of drug-likeness (QED) is 0.471. The van der Waals surface area contributed by atoms with E-state index >= 15 is 0 Å². The maximum atomic E-state index is 5.82. The third-order valence-corrected chi connectivity index (χ3v) is 2.78. The molecule has 0 aliphatic heterocycles. The Hall–Kier alpha value is 0.210. The second-order valence-electron chi connectivity index (χ2n) is 3.31. The van der Waals surface area contributed by atoms with Gasteiger partial charge in [-0.3, -0.25) is 0 Å². The van der Waals surface area contributed by atoms with Crippen molar-refractivity contribution in [3.05, 3.63) is 0 Å². The van der Waals surface area contributed by atoms with Gasteiger partial charge in [0.1, 0.15) is 0 Å². The summed E-state index contributed by atoms with van der Waals surface area (Å²) in [5.41, 5.74) is 0.